The highest BCUT2D eigenvalue weighted by molar-refractivity contribution is 7.99. The van der Waals surface area contributed by atoms with Crippen molar-refractivity contribution in [1.82, 2.24) is 0 Å². The van der Waals surface area contributed by atoms with Gasteiger partial charge in [-0.3, -0.25) is 0 Å². The summed E-state index contributed by atoms with van der Waals surface area (Å²) in [6.07, 6.45) is 0. The molecule has 1 rings (SSSR count). The molecule has 1 aromatic rings. The highest BCUT2D eigenvalue weighted by atomic mass is 32.2. The van der Waals surface area contributed by atoms with E-state index in [9.17, 15) is 4.39 Å². The van der Waals surface area contributed by atoms with Crippen molar-refractivity contribution in [3.05, 3.63) is 29.6 Å². The Hall–Kier alpha value is -0.700. The minimum Gasteiger partial charge on any atom is -0.382 e. The minimum absolute atomic E-state index is 0.161. The summed E-state index contributed by atoms with van der Waals surface area (Å²) in [5.74, 6) is 1.97. The van der Waals surface area contributed by atoms with Crippen LogP contribution in [0.2, 0.25) is 0 Å². The average molecular weight is 213 g/mol. The number of benzene rings is 1. The number of hydrogen-bond acceptors (Lipinski definition) is 2. The molecule has 1 nitrogen and oxygen atoms in total. The van der Waals surface area contributed by atoms with Crippen molar-refractivity contribution in [1.29, 1.82) is 0 Å². The first-order valence-electron chi connectivity index (χ1n) is 4.82. The first-order valence-corrected chi connectivity index (χ1v) is 5.97. The standard InChI is InChI=1S/C11H16FNS/c1-3-14-7-6-13-11-5-4-9(2)8-10(11)12/h4-5,8,13H,3,6-7H2,1-2H3. The smallest absolute Gasteiger partial charge is 0.146 e. The van der Waals surface area contributed by atoms with Crippen LogP contribution in [-0.4, -0.2) is 18.1 Å². The van der Waals surface area contributed by atoms with Gasteiger partial charge in [0, 0.05) is 12.3 Å². The Morgan fingerprint density at radius 3 is 2.86 bits per heavy atom. The molecule has 0 amide bonds. The Bertz CT molecular complexity index is 289. The van der Waals surface area contributed by atoms with Crippen LogP contribution in [0, 0.1) is 12.7 Å². The molecule has 0 radical (unpaired) electrons. The van der Waals surface area contributed by atoms with Gasteiger partial charge in [0.1, 0.15) is 5.82 Å². The van der Waals surface area contributed by atoms with Gasteiger partial charge in [0.05, 0.1) is 5.69 Å². The van der Waals surface area contributed by atoms with Crippen LogP contribution in [0.4, 0.5) is 10.1 Å². The van der Waals surface area contributed by atoms with Crippen molar-refractivity contribution in [3.8, 4) is 0 Å². The largest absolute Gasteiger partial charge is 0.382 e. The molecular weight excluding hydrogens is 197 g/mol. The van der Waals surface area contributed by atoms with Crippen LogP contribution in [0.5, 0.6) is 0 Å². The molecule has 1 aromatic carbocycles. The highest BCUT2D eigenvalue weighted by Crippen LogP contribution is 2.15. The maximum Gasteiger partial charge on any atom is 0.146 e. The maximum absolute atomic E-state index is 13.3. The van der Waals surface area contributed by atoms with E-state index in [2.05, 4.69) is 12.2 Å². The number of aryl methyl sites for hydroxylation is 1. The van der Waals surface area contributed by atoms with E-state index >= 15 is 0 Å². The van der Waals surface area contributed by atoms with E-state index in [1.165, 1.54) is 0 Å². The molecule has 0 saturated carbocycles. The number of nitrogens with one attached hydrogen (secondary N) is 1. The zero-order valence-corrected chi connectivity index (χ0v) is 9.46. The maximum atomic E-state index is 13.3. The van der Waals surface area contributed by atoms with Gasteiger partial charge in [0.2, 0.25) is 0 Å². The molecule has 14 heavy (non-hydrogen) atoms. The van der Waals surface area contributed by atoms with Crippen LogP contribution in [0.1, 0.15) is 12.5 Å². The normalized spacial score (nSPS) is 10.2. The fourth-order valence-electron chi connectivity index (χ4n) is 1.17. The van der Waals surface area contributed by atoms with Crippen LogP contribution >= 0.6 is 11.8 Å². The summed E-state index contributed by atoms with van der Waals surface area (Å²) in [4.78, 5) is 0. The van der Waals surface area contributed by atoms with Crippen LogP contribution in [0.25, 0.3) is 0 Å². The van der Waals surface area contributed by atoms with Crippen molar-refractivity contribution < 1.29 is 4.39 Å². The van der Waals surface area contributed by atoms with Crippen molar-refractivity contribution in [2.24, 2.45) is 0 Å². The van der Waals surface area contributed by atoms with Crippen molar-refractivity contribution in [3.63, 3.8) is 0 Å². The van der Waals surface area contributed by atoms with E-state index in [1.807, 2.05) is 24.8 Å². The number of rotatable bonds is 5. The molecule has 0 unspecified atom stereocenters. The third-order valence-corrected chi connectivity index (χ3v) is 2.79. The zero-order valence-electron chi connectivity index (χ0n) is 8.64. The summed E-state index contributed by atoms with van der Waals surface area (Å²) in [6.45, 7) is 4.83. The van der Waals surface area contributed by atoms with E-state index in [1.54, 1.807) is 12.1 Å². The second kappa shape index (κ2) is 5.91. The number of hydrogen-bond donors (Lipinski definition) is 1. The average Bonchev–Trinajstić information content (AvgIpc) is 2.15. The molecule has 3 heteroatoms. The molecule has 0 atom stereocenters. The summed E-state index contributed by atoms with van der Waals surface area (Å²) >= 11 is 1.85. The lowest BCUT2D eigenvalue weighted by atomic mass is 10.2. The van der Waals surface area contributed by atoms with E-state index in [-0.39, 0.29) is 5.82 Å². The van der Waals surface area contributed by atoms with E-state index in [0.717, 1.165) is 23.6 Å². The molecule has 0 fully saturated rings. The lowest BCUT2D eigenvalue weighted by Gasteiger charge is -2.07. The van der Waals surface area contributed by atoms with Gasteiger partial charge in [-0.2, -0.15) is 11.8 Å². The Balaban J connectivity index is 2.42. The van der Waals surface area contributed by atoms with E-state index in [0.29, 0.717) is 5.69 Å². The lowest BCUT2D eigenvalue weighted by Crippen LogP contribution is -2.05. The topological polar surface area (TPSA) is 12.0 Å². The molecule has 0 aliphatic heterocycles. The van der Waals surface area contributed by atoms with Crippen LogP contribution in [-0.2, 0) is 0 Å². The molecule has 0 saturated heterocycles. The minimum atomic E-state index is -0.161. The first-order chi connectivity index (χ1) is 6.74. The van der Waals surface area contributed by atoms with Crippen LogP contribution in [0.15, 0.2) is 18.2 Å². The quantitative estimate of drug-likeness (QED) is 0.753. The summed E-state index contributed by atoms with van der Waals surface area (Å²) in [7, 11) is 0. The zero-order chi connectivity index (χ0) is 10.4. The fourth-order valence-corrected chi connectivity index (χ4v) is 1.70. The Morgan fingerprint density at radius 1 is 1.43 bits per heavy atom. The van der Waals surface area contributed by atoms with Crippen molar-refractivity contribution >= 4 is 17.4 Å². The Labute approximate surface area is 89.1 Å². The van der Waals surface area contributed by atoms with Gasteiger partial charge in [-0.05, 0) is 30.4 Å². The van der Waals surface area contributed by atoms with Crippen LogP contribution in [0.3, 0.4) is 0 Å². The second-order valence-electron chi connectivity index (χ2n) is 3.11. The molecule has 0 heterocycles. The molecule has 0 aromatic heterocycles. The number of thioether (sulfide) groups is 1. The van der Waals surface area contributed by atoms with Gasteiger partial charge < -0.3 is 5.32 Å². The Kier molecular flexibility index (Phi) is 4.80. The van der Waals surface area contributed by atoms with Crippen LogP contribution < -0.4 is 5.32 Å². The number of halogens is 1. The molecule has 0 aliphatic rings. The SMILES string of the molecule is CCSCCNc1ccc(C)cc1F. The van der Waals surface area contributed by atoms with Gasteiger partial charge in [-0.25, -0.2) is 4.39 Å². The summed E-state index contributed by atoms with van der Waals surface area (Å²) in [5.41, 5.74) is 1.56. The highest BCUT2D eigenvalue weighted by Gasteiger charge is 2.00. The van der Waals surface area contributed by atoms with Gasteiger partial charge in [0.25, 0.3) is 0 Å². The molecular formula is C11H16FNS. The summed E-state index contributed by atoms with van der Waals surface area (Å²) < 4.78 is 13.3. The molecule has 1 N–H and O–H groups in total. The molecule has 78 valence electrons. The van der Waals surface area contributed by atoms with Gasteiger partial charge in [-0.15, -0.1) is 0 Å². The van der Waals surface area contributed by atoms with Crippen molar-refractivity contribution in [2.45, 2.75) is 13.8 Å². The summed E-state index contributed by atoms with van der Waals surface area (Å²) in [6, 6.07) is 5.26. The number of anilines is 1. The monoisotopic (exact) mass is 213 g/mol. The van der Waals surface area contributed by atoms with Gasteiger partial charge >= 0.3 is 0 Å². The van der Waals surface area contributed by atoms with E-state index < -0.39 is 0 Å². The van der Waals surface area contributed by atoms with E-state index in [4.69, 9.17) is 0 Å². The predicted octanol–water partition coefficient (Wildman–Crippen LogP) is 3.30. The second-order valence-corrected chi connectivity index (χ2v) is 4.50. The predicted molar refractivity (Wildman–Crippen MR) is 62.6 cm³/mol. The summed E-state index contributed by atoms with van der Waals surface area (Å²) in [5, 5.41) is 3.08. The first kappa shape index (κ1) is 11.4. The third kappa shape index (κ3) is 3.58. The van der Waals surface area contributed by atoms with Gasteiger partial charge in [-0.1, -0.05) is 13.0 Å². The Morgan fingerprint density at radius 2 is 2.21 bits per heavy atom. The fraction of sp³-hybridized carbons (Fsp3) is 0.455. The molecule has 0 aliphatic carbocycles. The molecule has 0 spiro atoms. The lowest BCUT2D eigenvalue weighted by molar-refractivity contribution is 0.629. The molecule has 0 bridgehead atoms. The van der Waals surface area contributed by atoms with Crippen molar-refractivity contribution in [2.75, 3.05) is 23.4 Å². The van der Waals surface area contributed by atoms with Gasteiger partial charge in [0.15, 0.2) is 0 Å². The third-order valence-electron chi connectivity index (χ3n) is 1.89.